The average Bonchev–Trinajstić information content (AvgIpc) is 2.38. The predicted octanol–water partition coefficient (Wildman–Crippen LogP) is -0.410. The minimum atomic E-state index is -3.99. The molecule has 0 saturated heterocycles. The SMILES string of the molecule is CNC(=O)NS(=O)(=O)c1cccc(NC(=O)C(C)N)c1. The van der Waals surface area contributed by atoms with Gasteiger partial charge < -0.3 is 16.4 Å². The predicted molar refractivity (Wildman–Crippen MR) is 73.5 cm³/mol. The summed E-state index contributed by atoms with van der Waals surface area (Å²) in [4.78, 5) is 22.3. The molecule has 8 nitrogen and oxygen atoms in total. The molecule has 0 spiro atoms. The number of hydrogen-bond donors (Lipinski definition) is 4. The zero-order valence-corrected chi connectivity index (χ0v) is 11.8. The Kier molecular flexibility index (Phi) is 5.06. The van der Waals surface area contributed by atoms with Crippen molar-refractivity contribution in [2.45, 2.75) is 17.9 Å². The molecule has 110 valence electrons. The average molecular weight is 300 g/mol. The van der Waals surface area contributed by atoms with Gasteiger partial charge in [-0.15, -0.1) is 0 Å². The number of sulfonamides is 1. The molecule has 0 aromatic heterocycles. The van der Waals surface area contributed by atoms with Crippen LogP contribution >= 0.6 is 0 Å². The highest BCUT2D eigenvalue weighted by Gasteiger charge is 2.17. The summed E-state index contributed by atoms with van der Waals surface area (Å²) >= 11 is 0. The number of carbonyl (C=O) groups excluding carboxylic acids is 2. The number of amides is 3. The summed E-state index contributed by atoms with van der Waals surface area (Å²) < 4.78 is 25.5. The van der Waals surface area contributed by atoms with Crippen molar-refractivity contribution in [2.24, 2.45) is 5.73 Å². The van der Waals surface area contributed by atoms with Crippen molar-refractivity contribution < 1.29 is 18.0 Å². The first-order chi connectivity index (χ1) is 9.26. The number of hydrogen-bond acceptors (Lipinski definition) is 5. The molecule has 1 unspecified atom stereocenters. The van der Waals surface area contributed by atoms with Crippen molar-refractivity contribution in [3.8, 4) is 0 Å². The molecule has 0 fully saturated rings. The van der Waals surface area contributed by atoms with E-state index in [2.05, 4.69) is 10.6 Å². The smallest absolute Gasteiger partial charge is 0.328 e. The molecule has 20 heavy (non-hydrogen) atoms. The third kappa shape index (κ3) is 4.21. The second-order valence-electron chi connectivity index (χ2n) is 3.99. The van der Waals surface area contributed by atoms with Crippen LogP contribution in [0.5, 0.6) is 0 Å². The van der Waals surface area contributed by atoms with Crippen LogP contribution in [-0.2, 0) is 14.8 Å². The van der Waals surface area contributed by atoms with Gasteiger partial charge in [-0.2, -0.15) is 0 Å². The fourth-order valence-electron chi connectivity index (χ4n) is 1.23. The van der Waals surface area contributed by atoms with Crippen molar-refractivity contribution >= 4 is 27.6 Å². The highest BCUT2D eigenvalue weighted by molar-refractivity contribution is 7.90. The summed E-state index contributed by atoms with van der Waals surface area (Å²) in [6.45, 7) is 1.50. The molecule has 0 heterocycles. The molecule has 1 aromatic carbocycles. The van der Waals surface area contributed by atoms with Crippen LogP contribution < -0.4 is 21.1 Å². The first-order valence-electron chi connectivity index (χ1n) is 5.67. The minimum absolute atomic E-state index is 0.149. The van der Waals surface area contributed by atoms with E-state index in [1.165, 1.54) is 38.2 Å². The molecule has 5 N–H and O–H groups in total. The number of nitrogens with two attached hydrogens (primary N) is 1. The second kappa shape index (κ2) is 6.35. The largest absolute Gasteiger partial charge is 0.340 e. The molecule has 1 aromatic rings. The van der Waals surface area contributed by atoms with Gasteiger partial charge in [0.2, 0.25) is 5.91 Å². The van der Waals surface area contributed by atoms with E-state index in [0.29, 0.717) is 0 Å². The molecule has 0 radical (unpaired) electrons. The normalized spacial score (nSPS) is 12.3. The molecule has 3 amide bonds. The van der Waals surface area contributed by atoms with E-state index in [1.807, 2.05) is 4.72 Å². The summed E-state index contributed by atoms with van der Waals surface area (Å²) in [5.41, 5.74) is 5.67. The van der Waals surface area contributed by atoms with Gasteiger partial charge in [0.15, 0.2) is 0 Å². The van der Waals surface area contributed by atoms with Crippen molar-refractivity contribution in [1.82, 2.24) is 10.0 Å². The van der Waals surface area contributed by atoms with Gasteiger partial charge in [0.25, 0.3) is 10.0 Å². The summed E-state index contributed by atoms with van der Waals surface area (Å²) in [6, 6.07) is 3.90. The summed E-state index contributed by atoms with van der Waals surface area (Å²) in [5, 5.41) is 4.60. The number of urea groups is 1. The Morgan fingerprint density at radius 1 is 1.30 bits per heavy atom. The van der Waals surface area contributed by atoms with Crippen molar-refractivity contribution in [2.75, 3.05) is 12.4 Å². The fourth-order valence-corrected chi connectivity index (χ4v) is 2.23. The maximum absolute atomic E-state index is 11.9. The Morgan fingerprint density at radius 2 is 1.95 bits per heavy atom. The number of benzene rings is 1. The monoisotopic (exact) mass is 300 g/mol. The quantitative estimate of drug-likeness (QED) is 0.600. The lowest BCUT2D eigenvalue weighted by molar-refractivity contribution is -0.117. The molecular weight excluding hydrogens is 284 g/mol. The number of nitrogens with one attached hydrogen (secondary N) is 3. The molecule has 0 aliphatic rings. The third-order valence-corrected chi connectivity index (χ3v) is 3.61. The van der Waals surface area contributed by atoms with Gasteiger partial charge in [-0.1, -0.05) is 6.07 Å². The molecule has 1 rings (SSSR count). The highest BCUT2D eigenvalue weighted by Crippen LogP contribution is 2.15. The minimum Gasteiger partial charge on any atom is -0.340 e. The maximum atomic E-state index is 11.9. The van der Waals surface area contributed by atoms with Crippen molar-refractivity contribution in [1.29, 1.82) is 0 Å². The van der Waals surface area contributed by atoms with Gasteiger partial charge in [0, 0.05) is 12.7 Å². The van der Waals surface area contributed by atoms with Crippen LogP contribution in [0.15, 0.2) is 29.2 Å². The first kappa shape index (κ1) is 15.9. The second-order valence-corrected chi connectivity index (χ2v) is 5.67. The van der Waals surface area contributed by atoms with Gasteiger partial charge in [-0.25, -0.2) is 17.9 Å². The molecule has 0 bridgehead atoms. The van der Waals surface area contributed by atoms with Gasteiger partial charge in [-0.05, 0) is 25.1 Å². The van der Waals surface area contributed by atoms with Crippen LogP contribution in [0.3, 0.4) is 0 Å². The van der Waals surface area contributed by atoms with E-state index in [9.17, 15) is 18.0 Å². The maximum Gasteiger partial charge on any atom is 0.328 e. The first-order valence-corrected chi connectivity index (χ1v) is 7.15. The number of carbonyl (C=O) groups is 2. The van der Waals surface area contributed by atoms with Crippen LogP contribution in [0.4, 0.5) is 10.5 Å². The Bertz CT molecular complexity index is 613. The Labute approximate surface area is 116 Å². The lowest BCUT2D eigenvalue weighted by Gasteiger charge is -2.10. The van der Waals surface area contributed by atoms with E-state index in [-0.39, 0.29) is 10.6 Å². The zero-order chi connectivity index (χ0) is 15.3. The number of rotatable bonds is 4. The fraction of sp³-hybridized carbons (Fsp3) is 0.273. The molecule has 0 aliphatic carbocycles. The van der Waals surface area contributed by atoms with Crippen LogP contribution in [-0.4, -0.2) is 33.4 Å². The zero-order valence-electron chi connectivity index (χ0n) is 11.0. The van der Waals surface area contributed by atoms with Crippen LogP contribution in [0.25, 0.3) is 0 Å². The molecular formula is C11H16N4O4S. The lowest BCUT2D eigenvalue weighted by Crippen LogP contribution is -2.37. The van der Waals surface area contributed by atoms with Crippen molar-refractivity contribution in [3.05, 3.63) is 24.3 Å². The van der Waals surface area contributed by atoms with E-state index >= 15 is 0 Å². The molecule has 1 atom stereocenters. The Balaban J connectivity index is 2.98. The van der Waals surface area contributed by atoms with E-state index in [0.717, 1.165) is 0 Å². The van der Waals surface area contributed by atoms with Crippen molar-refractivity contribution in [3.63, 3.8) is 0 Å². The molecule has 9 heteroatoms. The summed E-state index contributed by atoms with van der Waals surface area (Å²) in [5.74, 6) is -0.446. The van der Waals surface area contributed by atoms with E-state index in [4.69, 9.17) is 5.73 Å². The van der Waals surface area contributed by atoms with Crippen LogP contribution in [0, 0.1) is 0 Å². The number of anilines is 1. The Hall–Kier alpha value is -2.13. The topological polar surface area (TPSA) is 130 Å². The Morgan fingerprint density at radius 3 is 2.50 bits per heavy atom. The summed E-state index contributed by atoms with van der Waals surface area (Å²) in [7, 11) is -2.70. The van der Waals surface area contributed by atoms with Crippen LogP contribution in [0.1, 0.15) is 6.92 Å². The van der Waals surface area contributed by atoms with Gasteiger partial charge in [0.1, 0.15) is 0 Å². The highest BCUT2D eigenvalue weighted by atomic mass is 32.2. The van der Waals surface area contributed by atoms with Crippen LogP contribution in [0.2, 0.25) is 0 Å². The standard InChI is InChI=1S/C11H16N4O4S/c1-7(12)10(16)14-8-4-3-5-9(6-8)20(18,19)15-11(17)13-2/h3-7H,12H2,1-2H3,(H,14,16)(H2,13,15,17). The third-order valence-electron chi connectivity index (χ3n) is 2.28. The lowest BCUT2D eigenvalue weighted by atomic mass is 10.3. The van der Waals surface area contributed by atoms with Gasteiger partial charge in [0.05, 0.1) is 10.9 Å². The molecule has 0 aliphatic heterocycles. The summed E-state index contributed by atoms with van der Waals surface area (Å²) in [6.07, 6.45) is 0. The molecule has 0 saturated carbocycles. The van der Waals surface area contributed by atoms with Gasteiger partial charge in [-0.3, -0.25) is 4.79 Å². The van der Waals surface area contributed by atoms with E-state index < -0.39 is 28.0 Å². The van der Waals surface area contributed by atoms with Gasteiger partial charge >= 0.3 is 6.03 Å². The van der Waals surface area contributed by atoms with E-state index in [1.54, 1.807) is 0 Å².